The minimum Gasteiger partial charge on any atom is -0.339 e. The van der Waals surface area contributed by atoms with Gasteiger partial charge in [-0.1, -0.05) is 0 Å². The van der Waals surface area contributed by atoms with E-state index in [1.165, 1.54) is 0 Å². The fourth-order valence-electron chi connectivity index (χ4n) is 2.51. The van der Waals surface area contributed by atoms with Crippen molar-refractivity contribution in [3.8, 4) is 0 Å². The van der Waals surface area contributed by atoms with Gasteiger partial charge in [-0.2, -0.15) is 0 Å². The minimum absolute atomic E-state index is 0.0231. The Morgan fingerprint density at radius 1 is 1.10 bits per heavy atom. The van der Waals surface area contributed by atoms with Crippen LogP contribution in [-0.4, -0.2) is 57.2 Å². The number of imidazole rings is 1. The maximum Gasteiger partial charge on any atom is 0.257 e. The van der Waals surface area contributed by atoms with Crippen molar-refractivity contribution in [1.29, 1.82) is 0 Å². The van der Waals surface area contributed by atoms with Crippen LogP contribution in [-0.2, 0) is 4.79 Å². The summed E-state index contributed by atoms with van der Waals surface area (Å²) < 4.78 is 1.83. The second-order valence-electron chi connectivity index (χ2n) is 4.88. The molecule has 0 radical (unpaired) electrons. The summed E-state index contributed by atoms with van der Waals surface area (Å²) in [5.41, 5.74) is 1.28. The third-order valence-electron chi connectivity index (χ3n) is 3.66. The van der Waals surface area contributed by atoms with Crippen molar-refractivity contribution < 1.29 is 9.59 Å². The summed E-state index contributed by atoms with van der Waals surface area (Å²) in [6.07, 6.45) is 5.37. The van der Waals surface area contributed by atoms with E-state index in [2.05, 4.69) is 4.98 Å². The van der Waals surface area contributed by atoms with E-state index < -0.39 is 0 Å². The Morgan fingerprint density at radius 3 is 2.50 bits per heavy atom. The maximum atomic E-state index is 12.6. The monoisotopic (exact) mass is 272 g/mol. The second-order valence-corrected chi connectivity index (χ2v) is 4.88. The topological polar surface area (TPSA) is 57.9 Å². The van der Waals surface area contributed by atoms with Crippen LogP contribution in [0, 0.1) is 0 Å². The summed E-state index contributed by atoms with van der Waals surface area (Å²) in [5.74, 6) is 0.0393. The molecule has 0 unspecified atom stereocenters. The smallest absolute Gasteiger partial charge is 0.257 e. The summed E-state index contributed by atoms with van der Waals surface area (Å²) in [7, 11) is 0. The number of hydrogen-bond acceptors (Lipinski definition) is 3. The Kier molecular flexibility index (Phi) is 3.14. The lowest BCUT2D eigenvalue weighted by Crippen LogP contribution is -2.50. The average molecular weight is 272 g/mol. The van der Waals surface area contributed by atoms with E-state index in [0.717, 1.165) is 0 Å². The molecule has 104 valence electrons. The molecule has 0 atom stereocenters. The predicted molar refractivity (Wildman–Crippen MR) is 73.3 cm³/mol. The largest absolute Gasteiger partial charge is 0.339 e. The second kappa shape index (κ2) is 4.96. The first-order chi connectivity index (χ1) is 9.66. The van der Waals surface area contributed by atoms with Gasteiger partial charge in [0.1, 0.15) is 5.65 Å². The van der Waals surface area contributed by atoms with Gasteiger partial charge in [-0.25, -0.2) is 4.98 Å². The lowest BCUT2D eigenvalue weighted by molar-refractivity contribution is -0.130. The Hall–Kier alpha value is -2.37. The number of pyridine rings is 1. The van der Waals surface area contributed by atoms with Crippen LogP contribution in [0.3, 0.4) is 0 Å². The minimum atomic E-state index is -0.0231. The molecule has 3 rings (SSSR count). The summed E-state index contributed by atoms with van der Waals surface area (Å²) in [5, 5.41) is 0. The fourth-order valence-corrected chi connectivity index (χ4v) is 2.51. The molecule has 0 bridgehead atoms. The lowest BCUT2D eigenvalue weighted by Gasteiger charge is -2.34. The van der Waals surface area contributed by atoms with Crippen LogP contribution < -0.4 is 0 Å². The van der Waals surface area contributed by atoms with Crippen LogP contribution in [0.25, 0.3) is 5.65 Å². The van der Waals surface area contributed by atoms with Crippen molar-refractivity contribution in [2.45, 2.75) is 6.92 Å². The molecule has 0 N–H and O–H groups in total. The van der Waals surface area contributed by atoms with Crippen LogP contribution in [0.2, 0.25) is 0 Å². The molecule has 0 spiro atoms. The molecule has 1 fully saturated rings. The average Bonchev–Trinajstić information content (AvgIpc) is 2.95. The zero-order valence-electron chi connectivity index (χ0n) is 11.3. The maximum absolute atomic E-state index is 12.6. The molecule has 6 nitrogen and oxygen atoms in total. The lowest BCUT2D eigenvalue weighted by atomic mass is 10.2. The number of amides is 2. The molecule has 0 aromatic carbocycles. The van der Waals surface area contributed by atoms with E-state index in [0.29, 0.717) is 37.4 Å². The quantitative estimate of drug-likeness (QED) is 0.765. The highest BCUT2D eigenvalue weighted by Crippen LogP contribution is 2.13. The third-order valence-corrected chi connectivity index (χ3v) is 3.66. The highest BCUT2D eigenvalue weighted by Gasteiger charge is 2.24. The summed E-state index contributed by atoms with van der Waals surface area (Å²) in [4.78, 5) is 31.6. The molecule has 2 aromatic heterocycles. The van der Waals surface area contributed by atoms with E-state index in [4.69, 9.17) is 0 Å². The molecule has 0 aliphatic carbocycles. The standard InChI is InChI=1S/C14H16N4O2/c1-11(19)16-7-9-18(10-8-16)14(20)12-3-2-5-17-6-4-15-13(12)17/h2-6H,7-10H2,1H3. The first-order valence-electron chi connectivity index (χ1n) is 6.63. The van der Waals surface area contributed by atoms with Crippen molar-refractivity contribution in [3.05, 3.63) is 36.3 Å². The number of nitrogens with zero attached hydrogens (tertiary/aromatic N) is 4. The van der Waals surface area contributed by atoms with Crippen molar-refractivity contribution in [2.24, 2.45) is 0 Å². The number of fused-ring (bicyclic) bond motifs is 1. The molecule has 1 saturated heterocycles. The van der Waals surface area contributed by atoms with Crippen molar-refractivity contribution in [2.75, 3.05) is 26.2 Å². The van der Waals surface area contributed by atoms with Crippen LogP contribution in [0.4, 0.5) is 0 Å². The Morgan fingerprint density at radius 2 is 1.80 bits per heavy atom. The van der Waals surface area contributed by atoms with Crippen LogP contribution in [0.15, 0.2) is 30.7 Å². The van der Waals surface area contributed by atoms with E-state index >= 15 is 0 Å². The highest BCUT2D eigenvalue weighted by molar-refractivity contribution is 5.99. The molecule has 3 heterocycles. The van der Waals surface area contributed by atoms with Gasteiger partial charge in [-0.15, -0.1) is 0 Å². The zero-order chi connectivity index (χ0) is 14.1. The number of hydrogen-bond donors (Lipinski definition) is 0. The van der Waals surface area contributed by atoms with Crippen LogP contribution in [0.1, 0.15) is 17.3 Å². The molecule has 6 heteroatoms. The van der Waals surface area contributed by atoms with Crippen molar-refractivity contribution in [3.63, 3.8) is 0 Å². The molecule has 2 amide bonds. The van der Waals surface area contributed by atoms with Gasteiger partial charge in [0.2, 0.25) is 5.91 Å². The van der Waals surface area contributed by atoms with Crippen LogP contribution in [0.5, 0.6) is 0 Å². The summed E-state index contributed by atoms with van der Waals surface area (Å²) in [6.45, 7) is 3.89. The van der Waals surface area contributed by atoms with Gasteiger partial charge in [0.05, 0.1) is 5.56 Å². The first kappa shape index (κ1) is 12.7. The Labute approximate surface area is 116 Å². The van der Waals surface area contributed by atoms with E-state index in [1.807, 2.05) is 22.9 Å². The molecular weight excluding hydrogens is 256 g/mol. The molecule has 2 aromatic rings. The van der Waals surface area contributed by atoms with Gasteiger partial charge in [-0.3, -0.25) is 9.59 Å². The number of aromatic nitrogens is 2. The highest BCUT2D eigenvalue weighted by atomic mass is 16.2. The number of rotatable bonds is 1. The number of carbonyl (C=O) groups is 2. The van der Waals surface area contributed by atoms with E-state index in [-0.39, 0.29) is 11.8 Å². The van der Waals surface area contributed by atoms with Gasteiger partial charge < -0.3 is 14.2 Å². The van der Waals surface area contributed by atoms with Gasteiger partial charge in [0.25, 0.3) is 5.91 Å². The normalized spacial score (nSPS) is 15.7. The fraction of sp³-hybridized carbons (Fsp3) is 0.357. The van der Waals surface area contributed by atoms with E-state index in [1.54, 1.807) is 29.0 Å². The predicted octanol–water partition coefficient (Wildman–Crippen LogP) is 0.639. The Balaban J connectivity index is 1.80. The summed E-state index contributed by atoms with van der Waals surface area (Å²) in [6, 6.07) is 3.63. The van der Waals surface area contributed by atoms with Gasteiger partial charge in [-0.05, 0) is 12.1 Å². The van der Waals surface area contributed by atoms with Gasteiger partial charge >= 0.3 is 0 Å². The van der Waals surface area contributed by atoms with Gasteiger partial charge in [0.15, 0.2) is 0 Å². The first-order valence-corrected chi connectivity index (χ1v) is 6.63. The van der Waals surface area contributed by atoms with Crippen molar-refractivity contribution >= 4 is 17.5 Å². The van der Waals surface area contributed by atoms with E-state index in [9.17, 15) is 9.59 Å². The summed E-state index contributed by atoms with van der Waals surface area (Å²) >= 11 is 0. The SMILES string of the molecule is CC(=O)N1CCN(C(=O)c2cccn3ccnc23)CC1. The van der Waals surface area contributed by atoms with Crippen molar-refractivity contribution in [1.82, 2.24) is 19.2 Å². The number of carbonyl (C=O) groups excluding carboxylic acids is 2. The molecule has 20 heavy (non-hydrogen) atoms. The number of piperazine rings is 1. The molecule has 1 aliphatic heterocycles. The molecule has 1 aliphatic rings. The Bertz CT molecular complexity index is 656. The molecule has 0 saturated carbocycles. The molecular formula is C14H16N4O2. The zero-order valence-corrected chi connectivity index (χ0v) is 11.3. The van der Waals surface area contributed by atoms with Gasteiger partial charge in [0, 0.05) is 51.7 Å². The third kappa shape index (κ3) is 2.13. The van der Waals surface area contributed by atoms with Crippen LogP contribution >= 0.6 is 0 Å².